The maximum absolute atomic E-state index is 11.6. The Bertz CT molecular complexity index is 1440. The van der Waals surface area contributed by atoms with Crippen molar-refractivity contribution >= 4 is 33.0 Å². The van der Waals surface area contributed by atoms with Crippen molar-refractivity contribution in [1.82, 2.24) is 0 Å². The van der Waals surface area contributed by atoms with Crippen molar-refractivity contribution < 1.29 is 28.6 Å². The second kappa shape index (κ2) is 17.2. The summed E-state index contributed by atoms with van der Waals surface area (Å²) >= 11 is 0. The number of allylic oxidation sites excluding steroid dienone is 4. The van der Waals surface area contributed by atoms with Gasteiger partial charge in [0.1, 0.15) is 11.7 Å². The molecule has 49 heavy (non-hydrogen) atoms. The average Bonchev–Trinajstić information content (AvgIpc) is 3.02. The van der Waals surface area contributed by atoms with E-state index >= 15 is 0 Å². The lowest BCUT2D eigenvalue weighted by molar-refractivity contribution is -0.141. The van der Waals surface area contributed by atoms with Crippen LogP contribution < -0.4 is 10.4 Å². The van der Waals surface area contributed by atoms with E-state index in [1.54, 1.807) is 19.1 Å². The van der Waals surface area contributed by atoms with Crippen molar-refractivity contribution in [3.8, 4) is 0 Å². The fraction of sp³-hybridized carbons (Fsp3) is 0.439. The molecule has 0 aliphatic carbocycles. The highest BCUT2D eigenvalue weighted by atomic mass is 28.4. The van der Waals surface area contributed by atoms with Crippen LogP contribution in [0.4, 0.5) is 0 Å². The van der Waals surface area contributed by atoms with Gasteiger partial charge in [-0.2, -0.15) is 0 Å². The summed E-state index contributed by atoms with van der Waals surface area (Å²) in [5, 5.41) is 24.7. The predicted molar refractivity (Wildman–Crippen MR) is 207 cm³/mol. The minimum atomic E-state index is -2.60. The predicted octanol–water partition coefficient (Wildman–Crippen LogP) is 7.55. The molecule has 0 saturated carbocycles. The number of cyclic esters (lactones) is 1. The highest BCUT2D eigenvalue weighted by Crippen LogP contribution is 2.39. The van der Waals surface area contributed by atoms with E-state index in [1.807, 2.05) is 48.6 Å². The molecule has 4 atom stereocenters. The van der Waals surface area contributed by atoms with E-state index in [4.69, 9.17) is 13.6 Å². The van der Waals surface area contributed by atoms with Crippen LogP contribution in [-0.2, 0) is 18.4 Å². The summed E-state index contributed by atoms with van der Waals surface area (Å²) in [6.07, 6.45) is 16.8. The number of ether oxygens (including phenoxy) is 1. The molecule has 1 aliphatic heterocycles. The number of aliphatic hydroxyl groups is 2. The number of carbonyl (C=O) groups is 1. The van der Waals surface area contributed by atoms with E-state index in [0.29, 0.717) is 13.0 Å². The molecule has 3 rings (SSSR count). The van der Waals surface area contributed by atoms with Crippen LogP contribution in [0, 0.1) is 0 Å². The minimum Gasteiger partial charge on any atom is -0.455 e. The maximum atomic E-state index is 11.6. The Hall–Kier alpha value is -3.12. The van der Waals surface area contributed by atoms with Crippen LogP contribution in [0.15, 0.2) is 121 Å². The summed E-state index contributed by atoms with van der Waals surface area (Å²) in [5.41, 5.74) is -1.54. The summed E-state index contributed by atoms with van der Waals surface area (Å²) in [5.74, 6) is -0.413. The number of hydrogen-bond acceptors (Lipinski definition) is 6. The second-order valence-electron chi connectivity index (χ2n) is 15.5. The first kappa shape index (κ1) is 40.3. The highest BCUT2D eigenvalue weighted by Gasteiger charge is 2.50. The lowest BCUT2D eigenvalue weighted by Crippen LogP contribution is -2.66. The molecule has 1 heterocycles. The van der Waals surface area contributed by atoms with Gasteiger partial charge in [-0.05, 0) is 46.5 Å². The van der Waals surface area contributed by atoms with Gasteiger partial charge in [-0.1, -0.05) is 151 Å². The number of aliphatic hydroxyl groups excluding tert-OH is 1. The van der Waals surface area contributed by atoms with E-state index in [1.165, 1.54) is 22.5 Å². The molecule has 0 radical (unpaired) electrons. The first-order valence-corrected chi connectivity index (χ1v) is 22.1. The quantitative estimate of drug-likeness (QED) is 0.0863. The topological polar surface area (TPSA) is 85.2 Å². The maximum Gasteiger partial charge on any atom is 0.331 e. The van der Waals surface area contributed by atoms with Gasteiger partial charge in [0, 0.05) is 18.9 Å². The Balaban J connectivity index is 1.73. The minimum absolute atomic E-state index is 0.0332. The largest absolute Gasteiger partial charge is 0.455 e. The van der Waals surface area contributed by atoms with Gasteiger partial charge in [0.2, 0.25) is 0 Å². The fourth-order valence-corrected chi connectivity index (χ4v) is 11.4. The molecule has 0 spiro atoms. The van der Waals surface area contributed by atoms with Crippen molar-refractivity contribution in [2.75, 3.05) is 6.61 Å². The van der Waals surface area contributed by atoms with Crippen LogP contribution >= 0.6 is 0 Å². The molecule has 6 nitrogen and oxygen atoms in total. The van der Waals surface area contributed by atoms with Crippen LogP contribution in [0.5, 0.6) is 0 Å². The van der Waals surface area contributed by atoms with Gasteiger partial charge in [-0.15, -0.1) is 0 Å². The number of esters is 1. The van der Waals surface area contributed by atoms with Crippen LogP contribution in [-0.4, -0.2) is 63.3 Å². The zero-order valence-corrected chi connectivity index (χ0v) is 32.9. The third-order valence-electron chi connectivity index (χ3n) is 9.53. The molecule has 0 saturated heterocycles. The third-order valence-corrected chi connectivity index (χ3v) is 19.0. The molecular formula is C41H58O6Si2. The summed E-state index contributed by atoms with van der Waals surface area (Å²) in [6, 6.07) is 21.2. The van der Waals surface area contributed by atoms with Gasteiger partial charge in [0.25, 0.3) is 8.32 Å². The van der Waals surface area contributed by atoms with Crippen molar-refractivity contribution in [2.45, 2.75) is 108 Å². The second-order valence-corrected chi connectivity index (χ2v) is 24.6. The van der Waals surface area contributed by atoms with Crippen LogP contribution in [0.2, 0.25) is 23.2 Å². The number of benzene rings is 2. The average molecular weight is 703 g/mol. The lowest BCUT2D eigenvalue weighted by Gasteiger charge is -2.42. The smallest absolute Gasteiger partial charge is 0.331 e. The van der Waals surface area contributed by atoms with Crippen LogP contribution in [0.1, 0.15) is 61.3 Å². The zero-order chi connectivity index (χ0) is 36.3. The molecule has 0 bridgehead atoms. The molecule has 0 aromatic heterocycles. The van der Waals surface area contributed by atoms with E-state index in [0.717, 1.165) is 0 Å². The molecule has 2 aromatic carbocycles. The summed E-state index contributed by atoms with van der Waals surface area (Å²) in [7, 11) is -4.80. The van der Waals surface area contributed by atoms with E-state index < -0.39 is 46.5 Å². The Morgan fingerprint density at radius 1 is 0.878 bits per heavy atom. The molecular weight excluding hydrogens is 645 g/mol. The van der Waals surface area contributed by atoms with E-state index in [2.05, 4.69) is 103 Å². The zero-order valence-electron chi connectivity index (χ0n) is 30.9. The lowest BCUT2D eigenvalue weighted by atomic mass is 9.93. The monoisotopic (exact) mass is 702 g/mol. The molecule has 1 aliphatic rings. The number of rotatable bonds is 15. The van der Waals surface area contributed by atoms with Gasteiger partial charge in [0.05, 0.1) is 18.8 Å². The molecule has 2 aromatic rings. The van der Waals surface area contributed by atoms with Crippen LogP contribution in [0.3, 0.4) is 0 Å². The normalized spacial score (nSPS) is 19.2. The molecule has 8 heteroatoms. The molecule has 0 amide bonds. The highest BCUT2D eigenvalue weighted by molar-refractivity contribution is 6.99. The first-order valence-electron chi connectivity index (χ1n) is 17.3. The number of carbonyl (C=O) groups excluding carboxylic acids is 1. The molecule has 266 valence electrons. The number of hydrogen-bond donors (Lipinski definition) is 2. The molecule has 0 fully saturated rings. The van der Waals surface area contributed by atoms with Gasteiger partial charge < -0.3 is 23.8 Å². The molecule has 2 N–H and O–H groups in total. The van der Waals surface area contributed by atoms with Gasteiger partial charge >= 0.3 is 5.97 Å². The Labute approximate surface area is 297 Å². The summed E-state index contributed by atoms with van der Waals surface area (Å²) in [6.45, 7) is 19.7. The van der Waals surface area contributed by atoms with Gasteiger partial charge in [0.15, 0.2) is 8.32 Å². The molecule has 0 unspecified atom stereocenters. The Morgan fingerprint density at radius 3 is 1.98 bits per heavy atom. The van der Waals surface area contributed by atoms with Crippen LogP contribution in [0.25, 0.3) is 0 Å². The first-order chi connectivity index (χ1) is 22.9. The fourth-order valence-electron chi connectivity index (χ4n) is 5.63. The summed E-state index contributed by atoms with van der Waals surface area (Å²) < 4.78 is 18.9. The Morgan fingerprint density at radius 2 is 1.45 bits per heavy atom. The van der Waals surface area contributed by atoms with Gasteiger partial charge in [-0.25, -0.2) is 4.79 Å². The van der Waals surface area contributed by atoms with Crippen molar-refractivity contribution in [3.05, 3.63) is 121 Å². The summed E-state index contributed by atoms with van der Waals surface area (Å²) in [4.78, 5) is 11.6. The Kier molecular flexibility index (Phi) is 14.2. The SMILES string of the molecule is CC(C)(C)[Si](C)(C)O[C@@H](\C=C/C=C\C=C\CO[Si](c1ccccc1)(c1ccccc1)C(C)(C)C)C[C@@H](O)[C@](C)(O)/C=C/[C@H]1CC=CC(=O)O1. The van der Waals surface area contributed by atoms with Gasteiger partial charge in [-0.3, -0.25) is 0 Å². The third kappa shape index (κ3) is 11.2. The standard InChI is InChI=1S/C41H58O6Si2/c1-39(2,3)48(8,9)47-34(32-37(42)41(7,44)30-29-33-23-21-28-38(43)46-33)22-15-11-10-12-20-31-45-49(40(4,5)6,35-24-16-13-17-25-35)36-26-18-14-19-27-36/h10-22,24-30,33-34,37,42,44H,23,31-32H2,1-9H3/b11-10-,20-12+,22-15-,30-29+/t33-,34+,37-,41-/m1/s1. The van der Waals surface area contributed by atoms with E-state index in [-0.39, 0.29) is 16.5 Å². The van der Waals surface area contributed by atoms with Crippen molar-refractivity contribution in [3.63, 3.8) is 0 Å². The van der Waals surface area contributed by atoms with Crippen molar-refractivity contribution in [2.24, 2.45) is 0 Å². The van der Waals surface area contributed by atoms with E-state index in [9.17, 15) is 15.0 Å². The van der Waals surface area contributed by atoms with Crippen molar-refractivity contribution in [1.29, 1.82) is 0 Å².